The van der Waals surface area contributed by atoms with Crippen molar-refractivity contribution in [2.75, 3.05) is 44.8 Å². The number of pyridine rings is 1. The molecule has 6 nitrogen and oxygen atoms in total. The number of rotatable bonds is 6. The molecule has 0 saturated carbocycles. The molecule has 112 valence electrons. The highest BCUT2D eigenvalue weighted by molar-refractivity contribution is 5.94. The zero-order valence-corrected chi connectivity index (χ0v) is 11.8. The summed E-state index contributed by atoms with van der Waals surface area (Å²) in [7, 11) is 0. The number of anilines is 1. The van der Waals surface area contributed by atoms with Crippen molar-refractivity contribution in [1.82, 2.24) is 4.98 Å². The fourth-order valence-corrected chi connectivity index (χ4v) is 2.28. The van der Waals surface area contributed by atoms with Gasteiger partial charge >= 0.3 is 0 Å². The molecule has 0 bridgehead atoms. The van der Waals surface area contributed by atoms with Crippen LogP contribution in [0.4, 0.5) is 5.82 Å². The summed E-state index contributed by atoms with van der Waals surface area (Å²) in [4.78, 5) is 4.39. The number of nitrogens with one attached hydrogen (secondary N) is 1. The molecule has 1 aromatic heterocycles. The number of nitrogens with two attached hydrogens (primary N) is 1. The molecule has 1 aliphatic heterocycles. The summed E-state index contributed by atoms with van der Waals surface area (Å²) in [5.74, 6) is 2.38. The molecule has 3 rings (SSSR count). The summed E-state index contributed by atoms with van der Waals surface area (Å²) in [5, 5.41) is 5.36. The minimum absolute atomic E-state index is 0.538. The molecule has 0 atom stereocenters. The van der Waals surface area contributed by atoms with E-state index in [1.165, 1.54) is 0 Å². The number of fused-ring (bicyclic) bond motifs is 2. The first-order valence-electron chi connectivity index (χ1n) is 7.08. The molecule has 3 N–H and O–H groups in total. The zero-order chi connectivity index (χ0) is 14.5. The molecule has 1 aromatic carbocycles. The number of hydrogen-bond donors (Lipinski definition) is 2. The van der Waals surface area contributed by atoms with Gasteiger partial charge in [-0.25, -0.2) is 4.98 Å². The van der Waals surface area contributed by atoms with Gasteiger partial charge in [0.2, 0.25) is 0 Å². The molecule has 0 fully saturated rings. The van der Waals surface area contributed by atoms with Crippen LogP contribution in [0.15, 0.2) is 24.4 Å². The van der Waals surface area contributed by atoms with Crippen LogP contribution in [0.5, 0.6) is 11.5 Å². The number of hydrogen-bond acceptors (Lipinski definition) is 6. The van der Waals surface area contributed by atoms with Gasteiger partial charge in [-0.05, 0) is 23.6 Å². The van der Waals surface area contributed by atoms with Crippen LogP contribution < -0.4 is 20.5 Å². The number of nitrogens with zero attached hydrogens (tertiary/aromatic N) is 1. The van der Waals surface area contributed by atoms with E-state index in [2.05, 4.69) is 10.3 Å². The van der Waals surface area contributed by atoms with Crippen LogP contribution in [0.25, 0.3) is 10.8 Å². The first-order chi connectivity index (χ1) is 10.4. The summed E-state index contributed by atoms with van der Waals surface area (Å²) in [6.45, 7) is 3.56. The van der Waals surface area contributed by atoms with Crippen molar-refractivity contribution < 1.29 is 14.2 Å². The van der Waals surface area contributed by atoms with Gasteiger partial charge in [0, 0.05) is 24.7 Å². The van der Waals surface area contributed by atoms with E-state index in [1.54, 1.807) is 6.20 Å². The molecule has 0 amide bonds. The summed E-state index contributed by atoms with van der Waals surface area (Å²) in [5.41, 5.74) is 5.38. The van der Waals surface area contributed by atoms with Gasteiger partial charge in [0.05, 0.1) is 13.2 Å². The van der Waals surface area contributed by atoms with E-state index in [1.807, 2.05) is 18.2 Å². The number of benzene rings is 1. The van der Waals surface area contributed by atoms with Gasteiger partial charge in [-0.15, -0.1) is 0 Å². The maximum Gasteiger partial charge on any atom is 0.162 e. The Morgan fingerprint density at radius 2 is 2.00 bits per heavy atom. The second-order valence-corrected chi connectivity index (χ2v) is 4.70. The van der Waals surface area contributed by atoms with Gasteiger partial charge in [0.25, 0.3) is 0 Å². The van der Waals surface area contributed by atoms with Crippen molar-refractivity contribution in [3.05, 3.63) is 24.4 Å². The van der Waals surface area contributed by atoms with E-state index in [9.17, 15) is 0 Å². The third-order valence-electron chi connectivity index (χ3n) is 3.23. The summed E-state index contributed by atoms with van der Waals surface area (Å²) in [6.07, 6.45) is 1.78. The van der Waals surface area contributed by atoms with Gasteiger partial charge in [-0.2, -0.15) is 0 Å². The average Bonchev–Trinajstić information content (AvgIpc) is 2.53. The van der Waals surface area contributed by atoms with Crippen LogP contribution in [0.3, 0.4) is 0 Å². The van der Waals surface area contributed by atoms with Gasteiger partial charge in [-0.3, -0.25) is 0 Å². The van der Waals surface area contributed by atoms with Crippen molar-refractivity contribution >= 4 is 16.6 Å². The molecule has 6 heteroatoms. The second-order valence-electron chi connectivity index (χ2n) is 4.70. The Balaban J connectivity index is 1.78. The van der Waals surface area contributed by atoms with E-state index in [0.717, 1.165) is 28.1 Å². The lowest BCUT2D eigenvalue weighted by molar-refractivity contribution is 0.151. The molecule has 0 unspecified atom stereocenters. The molecular weight excluding hydrogens is 270 g/mol. The fraction of sp³-hybridized carbons (Fsp3) is 0.400. The monoisotopic (exact) mass is 289 g/mol. The van der Waals surface area contributed by atoms with E-state index in [4.69, 9.17) is 19.9 Å². The van der Waals surface area contributed by atoms with Crippen molar-refractivity contribution in [2.45, 2.75) is 0 Å². The predicted octanol–water partition coefficient (Wildman–Crippen LogP) is 1.39. The molecular formula is C15H19N3O3. The van der Waals surface area contributed by atoms with Crippen molar-refractivity contribution in [2.24, 2.45) is 5.73 Å². The Kier molecular flexibility index (Phi) is 4.37. The number of ether oxygens (including phenoxy) is 3. The quantitative estimate of drug-likeness (QED) is 0.783. The lowest BCUT2D eigenvalue weighted by atomic mass is 10.1. The highest BCUT2D eigenvalue weighted by Crippen LogP contribution is 2.36. The molecule has 0 saturated heterocycles. The second kappa shape index (κ2) is 6.60. The molecule has 1 aliphatic rings. The normalized spacial score (nSPS) is 13.4. The molecule has 0 aliphatic carbocycles. The van der Waals surface area contributed by atoms with E-state index in [-0.39, 0.29) is 0 Å². The maximum absolute atomic E-state index is 5.62. The first kappa shape index (κ1) is 13.9. The van der Waals surface area contributed by atoms with Crippen LogP contribution in [-0.4, -0.2) is 44.5 Å². The summed E-state index contributed by atoms with van der Waals surface area (Å²) < 4.78 is 16.6. The first-order valence-corrected chi connectivity index (χ1v) is 7.08. The van der Waals surface area contributed by atoms with Crippen molar-refractivity contribution in [3.8, 4) is 11.5 Å². The largest absolute Gasteiger partial charge is 0.486 e. The lowest BCUT2D eigenvalue weighted by Gasteiger charge is -2.19. The Morgan fingerprint density at radius 3 is 2.81 bits per heavy atom. The van der Waals surface area contributed by atoms with Gasteiger partial charge in [-0.1, -0.05) is 0 Å². The smallest absolute Gasteiger partial charge is 0.162 e. The van der Waals surface area contributed by atoms with E-state index < -0.39 is 0 Å². The molecule has 0 spiro atoms. The maximum atomic E-state index is 5.62. The minimum Gasteiger partial charge on any atom is -0.486 e. The Hall–Kier alpha value is -2.05. The summed E-state index contributed by atoms with van der Waals surface area (Å²) in [6, 6.07) is 5.92. The summed E-state index contributed by atoms with van der Waals surface area (Å²) >= 11 is 0. The van der Waals surface area contributed by atoms with Crippen LogP contribution in [0.1, 0.15) is 0 Å². The van der Waals surface area contributed by atoms with Gasteiger partial charge in [0.15, 0.2) is 11.5 Å². The lowest BCUT2D eigenvalue weighted by Crippen LogP contribution is -2.16. The van der Waals surface area contributed by atoms with Crippen LogP contribution >= 0.6 is 0 Å². The zero-order valence-electron chi connectivity index (χ0n) is 11.8. The highest BCUT2D eigenvalue weighted by Gasteiger charge is 2.14. The standard InChI is InChI=1S/C15H19N3O3/c16-2-5-19-6-4-18-15-12-10-14-13(20-7-8-21-14)9-11(12)1-3-17-15/h1,3,9-10H,2,4-8,16H2,(H,17,18). The molecule has 2 aromatic rings. The predicted molar refractivity (Wildman–Crippen MR) is 81.1 cm³/mol. The van der Waals surface area contributed by atoms with Crippen LogP contribution in [0.2, 0.25) is 0 Å². The SMILES string of the molecule is NCCOCCNc1nccc2cc3c(cc12)OCCO3. The third-order valence-corrected chi connectivity index (χ3v) is 3.23. The molecule has 2 heterocycles. The number of aromatic nitrogens is 1. The molecule has 21 heavy (non-hydrogen) atoms. The third kappa shape index (κ3) is 3.17. The Bertz CT molecular complexity index is 618. The highest BCUT2D eigenvalue weighted by atomic mass is 16.6. The van der Waals surface area contributed by atoms with Crippen LogP contribution in [-0.2, 0) is 4.74 Å². The minimum atomic E-state index is 0.538. The Morgan fingerprint density at radius 1 is 1.19 bits per heavy atom. The topological polar surface area (TPSA) is 78.6 Å². The van der Waals surface area contributed by atoms with Gasteiger partial charge in [0.1, 0.15) is 19.0 Å². The van der Waals surface area contributed by atoms with Crippen molar-refractivity contribution in [1.29, 1.82) is 0 Å². The fourth-order valence-electron chi connectivity index (χ4n) is 2.28. The van der Waals surface area contributed by atoms with E-state index >= 15 is 0 Å². The van der Waals surface area contributed by atoms with Crippen molar-refractivity contribution in [3.63, 3.8) is 0 Å². The Labute approximate surface area is 123 Å². The van der Waals surface area contributed by atoms with E-state index in [0.29, 0.717) is 39.5 Å². The average molecular weight is 289 g/mol. The molecule has 0 radical (unpaired) electrons. The van der Waals surface area contributed by atoms with Gasteiger partial charge < -0.3 is 25.3 Å². The van der Waals surface area contributed by atoms with Crippen LogP contribution in [0, 0.1) is 0 Å².